The molecule has 0 radical (unpaired) electrons. The highest BCUT2D eigenvalue weighted by Crippen LogP contribution is 2.43. The van der Waals surface area contributed by atoms with Crippen LogP contribution < -0.4 is 0 Å². The van der Waals surface area contributed by atoms with Gasteiger partial charge in [0.05, 0.1) is 0 Å². The second-order valence-corrected chi connectivity index (χ2v) is 6.21. The van der Waals surface area contributed by atoms with Crippen LogP contribution in [0.3, 0.4) is 0 Å². The second kappa shape index (κ2) is 5.84. The summed E-state index contributed by atoms with van der Waals surface area (Å²) in [6.45, 7) is 11.5. The van der Waals surface area contributed by atoms with Gasteiger partial charge in [0.25, 0.3) is 0 Å². The number of rotatable bonds is 4. The predicted molar refractivity (Wildman–Crippen MR) is 74.0 cm³/mol. The zero-order valence-electron chi connectivity index (χ0n) is 12.2. The van der Waals surface area contributed by atoms with Crippen LogP contribution in [0.2, 0.25) is 0 Å². The molecule has 0 spiro atoms. The third-order valence-corrected chi connectivity index (χ3v) is 5.01. The molecular formula is C16H28O. The monoisotopic (exact) mass is 236 g/mol. The summed E-state index contributed by atoms with van der Waals surface area (Å²) >= 11 is 0. The highest BCUT2D eigenvalue weighted by Gasteiger charge is 2.34. The molecule has 0 aromatic carbocycles. The number of Topliss-reactive ketones (excluding diaryl/α,β-unsaturated/α-hetero) is 1. The van der Waals surface area contributed by atoms with Gasteiger partial charge >= 0.3 is 0 Å². The van der Waals surface area contributed by atoms with E-state index in [-0.39, 0.29) is 0 Å². The van der Waals surface area contributed by atoms with Gasteiger partial charge in [0.1, 0.15) is 5.78 Å². The summed E-state index contributed by atoms with van der Waals surface area (Å²) in [5, 5.41) is 0. The van der Waals surface area contributed by atoms with Crippen molar-refractivity contribution >= 4 is 5.78 Å². The van der Waals surface area contributed by atoms with Gasteiger partial charge in [-0.2, -0.15) is 0 Å². The topological polar surface area (TPSA) is 17.1 Å². The molecule has 0 N–H and O–H groups in total. The molecule has 1 saturated carbocycles. The van der Waals surface area contributed by atoms with Crippen LogP contribution in [0, 0.1) is 11.3 Å². The normalized spacial score (nSPS) is 23.2. The maximum absolute atomic E-state index is 11.3. The molecule has 1 fully saturated rings. The van der Waals surface area contributed by atoms with Gasteiger partial charge in [0, 0.05) is 12.8 Å². The minimum absolute atomic E-state index is 0.378. The fourth-order valence-electron chi connectivity index (χ4n) is 2.77. The molecule has 0 aromatic heterocycles. The quantitative estimate of drug-likeness (QED) is 0.634. The fraction of sp³-hybridized carbons (Fsp3) is 0.812. The third-order valence-electron chi connectivity index (χ3n) is 5.01. The van der Waals surface area contributed by atoms with Crippen LogP contribution >= 0.6 is 0 Å². The van der Waals surface area contributed by atoms with Crippen molar-refractivity contribution in [3.63, 3.8) is 0 Å². The van der Waals surface area contributed by atoms with E-state index < -0.39 is 0 Å². The van der Waals surface area contributed by atoms with E-state index in [1.54, 1.807) is 5.57 Å². The van der Waals surface area contributed by atoms with Crippen LogP contribution in [0.4, 0.5) is 0 Å². The standard InChI is InChI=1S/C16H28O/c1-6-12(2)13(3)11-14(4)16(5)9-7-15(17)8-10-16/h14H,6-11H2,1-5H3/b13-12+/t14-/m1/s1. The molecule has 1 aliphatic rings. The maximum Gasteiger partial charge on any atom is 0.132 e. The minimum Gasteiger partial charge on any atom is -0.300 e. The number of ketones is 1. The van der Waals surface area contributed by atoms with Crippen molar-refractivity contribution < 1.29 is 4.79 Å². The first kappa shape index (κ1) is 14.5. The predicted octanol–water partition coefficient (Wildman–Crippen LogP) is 4.91. The lowest BCUT2D eigenvalue weighted by Crippen LogP contribution is -2.31. The molecule has 1 aliphatic carbocycles. The first-order chi connectivity index (χ1) is 7.89. The van der Waals surface area contributed by atoms with Crippen molar-refractivity contribution in [1.29, 1.82) is 0 Å². The molecular weight excluding hydrogens is 208 g/mol. The molecule has 1 rings (SSSR count). The Labute approximate surface area is 107 Å². The summed E-state index contributed by atoms with van der Waals surface area (Å²) in [6, 6.07) is 0. The summed E-state index contributed by atoms with van der Waals surface area (Å²) in [5.74, 6) is 1.16. The van der Waals surface area contributed by atoms with Crippen molar-refractivity contribution in [2.75, 3.05) is 0 Å². The molecule has 0 unspecified atom stereocenters. The Morgan fingerprint density at radius 3 is 2.24 bits per heavy atom. The van der Waals surface area contributed by atoms with Crippen LogP contribution in [0.15, 0.2) is 11.1 Å². The molecule has 0 aliphatic heterocycles. The Hall–Kier alpha value is -0.590. The van der Waals surface area contributed by atoms with Crippen molar-refractivity contribution in [1.82, 2.24) is 0 Å². The Kier molecular flexibility index (Phi) is 4.97. The van der Waals surface area contributed by atoms with E-state index in [4.69, 9.17) is 0 Å². The minimum atomic E-state index is 0.378. The molecule has 0 aromatic rings. The zero-order valence-corrected chi connectivity index (χ0v) is 12.2. The Morgan fingerprint density at radius 2 is 1.76 bits per heavy atom. The molecule has 0 bridgehead atoms. The summed E-state index contributed by atoms with van der Waals surface area (Å²) in [7, 11) is 0. The van der Waals surface area contributed by atoms with E-state index in [1.165, 1.54) is 12.0 Å². The molecule has 98 valence electrons. The second-order valence-electron chi connectivity index (χ2n) is 6.21. The SMILES string of the molecule is CC/C(C)=C(\C)C[C@@H](C)C1(C)CCC(=O)CC1. The molecule has 0 heterocycles. The Balaban J connectivity index is 2.63. The van der Waals surface area contributed by atoms with Crippen LogP contribution in [0.5, 0.6) is 0 Å². The number of hydrogen-bond donors (Lipinski definition) is 0. The molecule has 17 heavy (non-hydrogen) atoms. The van der Waals surface area contributed by atoms with Gasteiger partial charge < -0.3 is 0 Å². The van der Waals surface area contributed by atoms with Crippen molar-refractivity contribution in [3.8, 4) is 0 Å². The average Bonchev–Trinajstić information content (AvgIpc) is 2.31. The maximum atomic E-state index is 11.3. The van der Waals surface area contributed by atoms with Crippen molar-refractivity contribution in [2.24, 2.45) is 11.3 Å². The van der Waals surface area contributed by atoms with E-state index >= 15 is 0 Å². The fourth-order valence-corrected chi connectivity index (χ4v) is 2.77. The molecule has 0 saturated heterocycles. The number of allylic oxidation sites excluding steroid dienone is 2. The summed E-state index contributed by atoms with van der Waals surface area (Å²) in [5.41, 5.74) is 3.47. The number of hydrogen-bond acceptors (Lipinski definition) is 1. The van der Waals surface area contributed by atoms with Crippen LogP contribution in [-0.2, 0) is 4.79 Å². The molecule has 1 nitrogen and oxygen atoms in total. The number of carbonyl (C=O) groups is 1. The average molecular weight is 236 g/mol. The first-order valence-corrected chi connectivity index (χ1v) is 7.06. The van der Waals surface area contributed by atoms with Gasteiger partial charge in [0.2, 0.25) is 0 Å². The number of carbonyl (C=O) groups excluding carboxylic acids is 1. The van der Waals surface area contributed by atoms with Crippen molar-refractivity contribution in [3.05, 3.63) is 11.1 Å². The lowest BCUT2D eigenvalue weighted by molar-refractivity contribution is -0.122. The zero-order chi connectivity index (χ0) is 13.1. The summed E-state index contributed by atoms with van der Waals surface area (Å²) in [4.78, 5) is 11.3. The lowest BCUT2D eigenvalue weighted by Gasteiger charge is -2.39. The molecule has 1 heteroatoms. The Bertz CT molecular complexity index is 301. The first-order valence-electron chi connectivity index (χ1n) is 7.06. The van der Waals surface area contributed by atoms with Gasteiger partial charge in [0.15, 0.2) is 0 Å². The van der Waals surface area contributed by atoms with Crippen molar-refractivity contribution in [2.45, 2.75) is 73.1 Å². The summed E-state index contributed by atoms with van der Waals surface area (Å²) in [6.07, 6.45) is 6.14. The summed E-state index contributed by atoms with van der Waals surface area (Å²) < 4.78 is 0. The van der Waals surface area contributed by atoms with Gasteiger partial charge in [-0.15, -0.1) is 0 Å². The van der Waals surface area contributed by atoms with E-state index in [1.807, 2.05) is 0 Å². The van der Waals surface area contributed by atoms with E-state index in [9.17, 15) is 4.79 Å². The van der Waals surface area contributed by atoms with E-state index in [0.717, 1.165) is 32.1 Å². The lowest BCUT2D eigenvalue weighted by atomic mass is 9.66. The van der Waals surface area contributed by atoms with Crippen LogP contribution in [-0.4, -0.2) is 5.78 Å². The Morgan fingerprint density at radius 1 is 1.24 bits per heavy atom. The third kappa shape index (κ3) is 3.69. The van der Waals surface area contributed by atoms with Crippen LogP contribution in [0.25, 0.3) is 0 Å². The van der Waals surface area contributed by atoms with Gasteiger partial charge in [-0.05, 0) is 50.9 Å². The van der Waals surface area contributed by atoms with Crippen LogP contribution in [0.1, 0.15) is 73.1 Å². The molecule has 0 amide bonds. The van der Waals surface area contributed by atoms with E-state index in [2.05, 4.69) is 34.6 Å². The smallest absolute Gasteiger partial charge is 0.132 e. The highest BCUT2D eigenvalue weighted by molar-refractivity contribution is 5.79. The largest absolute Gasteiger partial charge is 0.300 e. The van der Waals surface area contributed by atoms with Gasteiger partial charge in [-0.1, -0.05) is 31.9 Å². The molecule has 1 atom stereocenters. The van der Waals surface area contributed by atoms with Gasteiger partial charge in [-0.25, -0.2) is 0 Å². The van der Waals surface area contributed by atoms with Gasteiger partial charge in [-0.3, -0.25) is 4.79 Å². The van der Waals surface area contributed by atoms with E-state index in [0.29, 0.717) is 17.1 Å². The highest BCUT2D eigenvalue weighted by atomic mass is 16.1.